The highest BCUT2D eigenvalue weighted by atomic mass is 16.5. The van der Waals surface area contributed by atoms with Gasteiger partial charge in [-0.1, -0.05) is 25.9 Å². The number of carbonyl (C=O) groups excluding carboxylic acids is 1. The minimum Gasteiger partial charge on any atom is -0.338 e. The summed E-state index contributed by atoms with van der Waals surface area (Å²) in [5.41, 5.74) is 0. The molecule has 2 fully saturated rings. The van der Waals surface area contributed by atoms with E-state index in [2.05, 4.69) is 33.8 Å². The SMILES string of the molecule is CCC(=O)N1CCCC1C1CCCN1Cc1nc(CC(C)C)no1. The Labute approximate surface area is 144 Å². The first-order valence-corrected chi connectivity index (χ1v) is 9.43. The molecule has 2 aliphatic heterocycles. The van der Waals surface area contributed by atoms with Crippen molar-refractivity contribution in [2.45, 2.75) is 77.9 Å². The third-order valence-corrected chi connectivity index (χ3v) is 5.22. The summed E-state index contributed by atoms with van der Waals surface area (Å²) in [4.78, 5) is 21.3. The van der Waals surface area contributed by atoms with Crippen molar-refractivity contribution in [2.75, 3.05) is 13.1 Å². The van der Waals surface area contributed by atoms with Crippen molar-refractivity contribution in [1.29, 1.82) is 0 Å². The third-order valence-electron chi connectivity index (χ3n) is 5.22. The van der Waals surface area contributed by atoms with Crippen LogP contribution in [0.3, 0.4) is 0 Å². The lowest BCUT2D eigenvalue weighted by Crippen LogP contribution is -2.47. The van der Waals surface area contributed by atoms with Crippen LogP contribution in [0.2, 0.25) is 0 Å². The van der Waals surface area contributed by atoms with E-state index in [0.29, 0.717) is 42.8 Å². The van der Waals surface area contributed by atoms with Crippen LogP contribution in [0.15, 0.2) is 4.52 Å². The van der Waals surface area contributed by atoms with Gasteiger partial charge in [0.25, 0.3) is 0 Å². The highest BCUT2D eigenvalue weighted by molar-refractivity contribution is 5.76. The molecular weight excluding hydrogens is 304 g/mol. The maximum absolute atomic E-state index is 12.2. The molecule has 0 spiro atoms. The summed E-state index contributed by atoms with van der Waals surface area (Å²) in [7, 11) is 0. The lowest BCUT2D eigenvalue weighted by molar-refractivity contribution is -0.132. The van der Waals surface area contributed by atoms with Crippen LogP contribution < -0.4 is 0 Å². The number of nitrogens with zero attached hydrogens (tertiary/aromatic N) is 4. The maximum atomic E-state index is 12.2. The summed E-state index contributed by atoms with van der Waals surface area (Å²) < 4.78 is 5.45. The molecule has 0 aromatic carbocycles. The Balaban J connectivity index is 1.65. The van der Waals surface area contributed by atoms with E-state index in [0.717, 1.165) is 44.6 Å². The van der Waals surface area contributed by atoms with E-state index >= 15 is 0 Å². The number of carbonyl (C=O) groups is 1. The summed E-state index contributed by atoms with van der Waals surface area (Å²) in [5.74, 6) is 2.34. The molecule has 1 amide bonds. The normalized spacial score (nSPS) is 25.1. The van der Waals surface area contributed by atoms with Crippen molar-refractivity contribution in [3.63, 3.8) is 0 Å². The highest BCUT2D eigenvalue weighted by Gasteiger charge is 2.39. The molecule has 2 unspecified atom stereocenters. The average Bonchev–Trinajstić information content (AvgIpc) is 3.26. The van der Waals surface area contributed by atoms with Crippen LogP contribution >= 0.6 is 0 Å². The molecule has 0 radical (unpaired) electrons. The second-order valence-electron chi connectivity index (χ2n) is 7.53. The minimum absolute atomic E-state index is 0.293. The topological polar surface area (TPSA) is 62.5 Å². The highest BCUT2D eigenvalue weighted by Crippen LogP contribution is 2.31. The zero-order chi connectivity index (χ0) is 17.1. The zero-order valence-electron chi connectivity index (χ0n) is 15.2. The van der Waals surface area contributed by atoms with Crippen LogP contribution in [0, 0.1) is 5.92 Å². The Hall–Kier alpha value is -1.43. The fraction of sp³-hybridized carbons (Fsp3) is 0.833. The molecule has 0 bridgehead atoms. The second-order valence-corrected chi connectivity index (χ2v) is 7.53. The van der Waals surface area contributed by atoms with Gasteiger partial charge < -0.3 is 9.42 Å². The molecule has 24 heavy (non-hydrogen) atoms. The van der Waals surface area contributed by atoms with Gasteiger partial charge in [-0.15, -0.1) is 0 Å². The molecule has 134 valence electrons. The molecule has 3 rings (SSSR count). The van der Waals surface area contributed by atoms with E-state index in [1.165, 1.54) is 6.42 Å². The third kappa shape index (κ3) is 3.79. The van der Waals surface area contributed by atoms with Gasteiger partial charge in [-0.25, -0.2) is 0 Å². The molecule has 0 aliphatic carbocycles. The first-order chi connectivity index (χ1) is 11.6. The Morgan fingerprint density at radius 2 is 2.00 bits per heavy atom. The van der Waals surface area contributed by atoms with E-state index in [1.807, 2.05) is 6.92 Å². The monoisotopic (exact) mass is 334 g/mol. The van der Waals surface area contributed by atoms with Crippen molar-refractivity contribution < 1.29 is 9.32 Å². The van der Waals surface area contributed by atoms with E-state index in [1.54, 1.807) is 0 Å². The van der Waals surface area contributed by atoms with Gasteiger partial charge in [0.05, 0.1) is 6.54 Å². The van der Waals surface area contributed by atoms with Crippen LogP contribution in [0.4, 0.5) is 0 Å². The molecular formula is C18H30N4O2. The lowest BCUT2D eigenvalue weighted by atomic mass is 10.0. The molecule has 6 heteroatoms. The average molecular weight is 334 g/mol. The molecule has 2 atom stereocenters. The van der Waals surface area contributed by atoms with Crippen molar-refractivity contribution in [1.82, 2.24) is 19.9 Å². The zero-order valence-corrected chi connectivity index (χ0v) is 15.2. The summed E-state index contributed by atoms with van der Waals surface area (Å²) >= 11 is 0. The Morgan fingerprint density at radius 3 is 2.75 bits per heavy atom. The number of amides is 1. The number of hydrogen-bond donors (Lipinski definition) is 0. The number of aromatic nitrogens is 2. The van der Waals surface area contributed by atoms with Gasteiger partial charge >= 0.3 is 0 Å². The summed E-state index contributed by atoms with van der Waals surface area (Å²) in [6, 6.07) is 0.793. The minimum atomic E-state index is 0.293. The molecule has 0 N–H and O–H groups in total. The summed E-state index contributed by atoms with van der Waals surface area (Å²) in [6.07, 6.45) is 6.04. The van der Waals surface area contributed by atoms with E-state index in [4.69, 9.17) is 4.52 Å². The predicted molar refractivity (Wildman–Crippen MR) is 91.3 cm³/mol. The molecule has 3 heterocycles. The number of likely N-dealkylation sites (tertiary alicyclic amines) is 2. The van der Waals surface area contributed by atoms with Crippen LogP contribution in [0.25, 0.3) is 0 Å². The molecule has 2 saturated heterocycles. The van der Waals surface area contributed by atoms with Crippen molar-refractivity contribution >= 4 is 5.91 Å². The first-order valence-electron chi connectivity index (χ1n) is 9.43. The summed E-state index contributed by atoms with van der Waals surface area (Å²) in [6.45, 7) is 8.95. The van der Waals surface area contributed by atoms with Crippen molar-refractivity contribution in [3.8, 4) is 0 Å². The van der Waals surface area contributed by atoms with Gasteiger partial charge in [0, 0.05) is 31.5 Å². The summed E-state index contributed by atoms with van der Waals surface area (Å²) in [5, 5.41) is 4.10. The van der Waals surface area contributed by atoms with E-state index < -0.39 is 0 Å². The predicted octanol–water partition coefficient (Wildman–Crippen LogP) is 2.63. The Bertz CT molecular complexity index is 557. The first kappa shape index (κ1) is 17.4. The van der Waals surface area contributed by atoms with Crippen LogP contribution in [0.1, 0.15) is 64.6 Å². The second kappa shape index (κ2) is 7.64. The van der Waals surface area contributed by atoms with Gasteiger partial charge in [-0.3, -0.25) is 9.69 Å². The molecule has 1 aromatic rings. The largest absolute Gasteiger partial charge is 0.338 e. The van der Waals surface area contributed by atoms with E-state index in [-0.39, 0.29) is 0 Å². The van der Waals surface area contributed by atoms with Gasteiger partial charge in [-0.05, 0) is 38.1 Å². The van der Waals surface area contributed by atoms with Gasteiger partial charge in [0.15, 0.2) is 5.82 Å². The smallest absolute Gasteiger partial charge is 0.240 e. The van der Waals surface area contributed by atoms with Crippen LogP contribution in [-0.4, -0.2) is 51.0 Å². The standard InChI is InChI=1S/C18H30N4O2/c1-4-18(23)22-10-6-8-15(22)14-7-5-9-21(14)12-17-19-16(20-24-17)11-13(2)3/h13-15H,4-12H2,1-3H3. The lowest BCUT2D eigenvalue weighted by Gasteiger charge is -2.34. The maximum Gasteiger partial charge on any atom is 0.240 e. The van der Waals surface area contributed by atoms with Crippen LogP contribution in [-0.2, 0) is 17.8 Å². The Kier molecular flexibility index (Phi) is 5.54. The van der Waals surface area contributed by atoms with E-state index in [9.17, 15) is 4.79 Å². The Morgan fingerprint density at radius 1 is 1.25 bits per heavy atom. The van der Waals surface area contributed by atoms with Crippen molar-refractivity contribution in [2.24, 2.45) is 5.92 Å². The molecule has 2 aliphatic rings. The van der Waals surface area contributed by atoms with Crippen LogP contribution in [0.5, 0.6) is 0 Å². The van der Waals surface area contributed by atoms with Gasteiger partial charge in [-0.2, -0.15) is 4.98 Å². The quantitative estimate of drug-likeness (QED) is 0.800. The molecule has 0 saturated carbocycles. The fourth-order valence-electron chi connectivity index (χ4n) is 4.17. The van der Waals surface area contributed by atoms with Gasteiger partial charge in [0.1, 0.15) is 0 Å². The number of rotatable bonds is 6. The number of hydrogen-bond acceptors (Lipinski definition) is 5. The fourth-order valence-corrected chi connectivity index (χ4v) is 4.17. The molecule has 1 aromatic heterocycles. The molecule has 6 nitrogen and oxygen atoms in total. The van der Waals surface area contributed by atoms with Gasteiger partial charge in [0.2, 0.25) is 11.8 Å². The van der Waals surface area contributed by atoms with Crippen molar-refractivity contribution in [3.05, 3.63) is 11.7 Å².